The van der Waals surface area contributed by atoms with Gasteiger partial charge in [-0.2, -0.15) is 0 Å². The number of benzene rings is 4. The van der Waals surface area contributed by atoms with Crippen LogP contribution < -0.4 is 64.3 Å². The SMILES string of the molecule is CC[C@H](C)[C@H](NC(=O)[C@H](Cc1ccc(OP(=O)(O)O)cc1)NC(=O)[C@H](CCC(=O)O)NC(=O)[C@H](Cc1ccc(O)cc1)NC(=O)[C@H](CC(N)=O)NC(=O)[C@H](CC(=O)O)NC(=O)[C@H](Cc1c[nH]c2ccccc12)NC(=O)[C@@H](N)CCC(N)=O)C(=O)N[C@H](C=O)Cc1c[nH]c2ccccc12. The number of aromatic hydroxyl groups is 1. The lowest BCUT2D eigenvalue weighted by molar-refractivity contribution is -0.142. The highest BCUT2D eigenvalue weighted by molar-refractivity contribution is 7.46. The number of aldehydes is 1. The van der Waals surface area contributed by atoms with Gasteiger partial charge in [0.25, 0.3) is 0 Å². The number of primary amides is 2. The van der Waals surface area contributed by atoms with Gasteiger partial charge in [-0.1, -0.05) is 80.9 Å². The molecule has 524 valence electrons. The van der Waals surface area contributed by atoms with Crippen molar-refractivity contribution in [3.8, 4) is 11.5 Å². The zero-order valence-electron chi connectivity index (χ0n) is 53.1. The molecule has 0 spiro atoms. The third-order valence-electron chi connectivity index (χ3n) is 15.7. The van der Waals surface area contributed by atoms with Gasteiger partial charge in [-0.05, 0) is 77.4 Å². The minimum absolute atomic E-state index is 0.0461. The lowest BCUT2D eigenvalue weighted by atomic mass is 9.96. The van der Waals surface area contributed by atoms with Crippen LogP contribution >= 0.6 is 7.82 Å². The van der Waals surface area contributed by atoms with Crippen molar-refractivity contribution in [3.05, 3.63) is 132 Å². The van der Waals surface area contributed by atoms with Gasteiger partial charge < -0.3 is 94.3 Å². The number of phenolic OH excluding ortho intramolecular Hbond substituents is 1. The normalized spacial score (nSPS) is 14.4. The molecule has 21 N–H and O–H groups in total. The maximum atomic E-state index is 14.7. The molecule has 0 bridgehead atoms. The molecule has 10 atom stereocenters. The van der Waals surface area contributed by atoms with E-state index in [0.717, 1.165) is 23.0 Å². The Kier molecular flexibility index (Phi) is 27.6. The van der Waals surface area contributed by atoms with Crippen LogP contribution in [0.5, 0.6) is 11.5 Å². The minimum Gasteiger partial charge on any atom is -0.508 e. The predicted molar refractivity (Wildman–Crippen MR) is 349 cm³/mol. The lowest BCUT2D eigenvalue weighted by Crippen LogP contribution is -2.61. The zero-order chi connectivity index (χ0) is 72.0. The number of carboxylic acids is 2. The molecule has 2 aromatic heterocycles. The molecular weight excluding hydrogens is 1300 g/mol. The van der Waals surface area contributed by atoms with Crippen LogP contribution in [0, 0.1) is 5.92 Å². The summed E-state index contributed by atoms with van der Waals surface area (Å²) in [6.45, 7) is 3.35. The summed E-state index contributed by atoms with van der Waals surface area (Å²) in [6.07, 6.45) is -1.47. The highest BCUT2D eigenvalue weighted by atomic mass is 31.2. The van der Waals surface area contributed by atoms with E-state index in [1.54, 1.807) is 50.4 Å². The molecule has 0 unspecified atom stereocenters. The number of carboxylic acid groups (broad SMARTS) is 2. The monoisotopic (exact) mass is 1380 g/mol. The Balaban J connectivity index is 1.27. The van der Waals surface area contributed by atoms with E-state index >= 15 is 0 Å². The fourth-order valence-electron chi connectivity index (χ4n) is 10.4. The summed E-state index contributed by atoms with van der Waals surface area (Å²) < 4.78 is 16.3. The van der Waals surface area contributed by atoms with Gasteiger partial charge in [0.05, 0.1) is 24.9 Å². The molecule has 98 heavy (non-hydrogen) atoms. The summed E-state index contributed by atoms with van der Waals surface area (Å²) in [5.74, 6) is -15.5. The Morgan fingerprint density at radius 3 is 1.46 bits per heavy atom. The molecule has 0 saturated carbocycles. The van der Waals surface area contributed by atoms with E-state index < -0.39 is 178 Å². The molecule has 6 aromatic rings. The maximum absolute atomic E-state index is 14.7. The van der Waals surface area contributed by atoms with E-state index in [2.05, 4.69) is 57.0 Å². The average molecular weight is 1380 g/mol. The highest BCUT2D eigenvalue weighted by Crippen LogP contribution is 2.37. The van der Waals surface area contributed by atoms with Crippen molar-refractivity contribution in [3.63, 3.8) is 0 Å². The lowest BCUT2D eigenvalue weighted by Gasteiger charge is -2.29. The van der Waals surface area contributed by atoms with Crippen molar-refractivity contribution < 1.29 is 96.5 Å². The number of aromatic nitrogens is 2. The number of nitrogens with one attached hydrogen (secondary N) is 10. The van der Waals surface area contributed by atoms with Gasteiger partial charge in [0, 0.05) is 72.7 Å². The summed E-state index contributed by atoms with van der Waals surface area (Å²) in [5, 5.41) is 50.8. The number of hydrogen-bond acceptors (Lipinski definition) is 17. The zero-order valence-corrected chi connectivity index (χ0v) is 54.0. The number of carbonyl (C=O) groups is 13. The first kappa shape index (κ1) is 76.0. The van der Waals surface area contributed by atoms with Gasteiger partial charge in [0.2, 0.25) is 59.1 Å². The summed E-state index contributed by atoms with van der Waals surface area (Å²) in [5.41, 5.74) is 19.8. The Morgan fingerprint density at radius 2 is 0.969 bits per heavy atom. The number of hydrogen-bond donors (Lipinski definition) is 18. The third-order valence-corrected chi connectivity index (χ3v) is 16.2. The molecule has 0 aliphatic rings. The Bertz CT molecular complexity index is 3930. The standard InChI is InChI=1S/C64H78N13O20P/c1-3-33(2)56(64(93)70-38(32-78)26-36-30-68-44-10-6-4-8-41(36)44)77-63(92)48(25-35-14-18-40(19-15-35)97-98(94,95)96)73-58(87)46(21-23-54(82)83)71-59(88)47(24-34-12-16-39(79)17-13-34)74-61(90)50(28-53(67)81)75-62(91)51(29-55(84)85)76-60(89)49(72-57(86)43(65)20-22-52(66)80)27-37-31-69-45-11-7-5-9-42(37)45/h4-19,30-33,38,43,46-51,56,68-69,79H,3,20-29,65H2,1-2H3,(H2,66,80)(H2,67,81)(H,70,93)(H,71,88)(H,72,86)(H,73,87)(H,74,90)(H,75,91)(H,76,89)(H,77,92)(H,82,83)(H,84,85)(H2,94,95,96)/t33-,38-,43-,46-,47-,48-,49-,50-,51-,56-/m0/s1. The van der Waals surface area contributed by atoms with Gasteiger partial charge >= 0.3 is 19.8 Å². The van der Waals surface area contributed by atoms with Crippen molar-refractivity contribution in [2.45, 2.75) is 139 Å². The fraction of sp³-hybridized carbons (Fsp3) is 0.359. The van der Waals surface area contributed by atoms with Crippen molar-refractivity contribution in [2.75, 3.05) is 0 Å². The predicted octanol–water partition coefficient (Wildman–Crippen LogP) is -0.972. The van der Waals surface area contributed by atoms with Crippen LogP contribution in [0.3, 0.4) is 0 Å². The van der Waals surface area contributed by atoms with Crippen LogP contribution in [-0.4, -0.2) is 167 Å². The third kappa shape index (κ3) is 23.4. The van der Waals surface area contributed by atoms with Gasteiger partial charge in [-0.25, -0.2) is 4.57 Å². The molecule has 34 heteroatoms. The number of amides is 10. The molecule has 0 radical (unpaired) electrons. The number of rotatable bonds is 39. The quantitative estimate of drug-likeness (QED) is 0.0163. The first-order valence-corrected chi connectivity index (χ1v) is 32.3. The second-order valence-electron chi connectivity index (χ2n) is 23.2. The van der Waals surface area contributed by atoms with Crippen LogP contribution in [0.2, 0.25) is 0 Å². The molecule has 0 aliphatic heterocycles. The number of para-hydroxylation sites is 2. The number of fused-ring (bicyclic) bond motifs is 2. The molecular formula is C64H78N13O20P. The van der Waals surface area contributed by atoms with Crippen molar-refractivity contribution in [2.24, 2.45) is 23.1 Å². The molecule has 33 nitrogen and oxygen atoms in total. The highest BCUT2D eigenvalue weighted by Gasteiger charge is 2.37. The van der Waals surface area contributed by atoms with Crippen LogP contribution in [0.4, 0.5) is 0 Å². The van der Waals surface area contributed by atoms with E-state index in [-0.39, 0.29) is 54.7 Å². The minimum atomic E-state index is -5.05. The van der Waals surface area contributed by atoms with Gasteiger partial charge in [0.15, 0.2) is 0 Å². The smallest absolute Gasteiger partial charge is 0.508 e. The molecule has 0 aliphatic carbocycles. The van der Waals surface area contributed by atoms with Crippen molar-refractivity contribution in [1.29, 1.82) is 0 Å². The molecule has 0 saturated heterocycles. The summed E-state index contributed by atoms with van der Waals surface area (Å²) in [6, 6.07) is 8.90. The first-order chi connectivity index (χ1) is 46.4. The van der Waals surface area contributed by atoms with Crippen LogP contribution in [0.1, 0.15) is 81.0 Å². The molecule has 10 amide bonds. The van der Waals surface area contributed by atoms with E-state index in [1.807, 2.05) is 18.2 Å². The first-order valence-electron chi connectivity index (χ1n) is 30.8. The molecule has 4 aromatic carbocycles. The number of carbonyl (C=O) groups excluding carboxylic acids is 11. The number of phosphoric ester groups is 1. The van der Waals surface area contributed by atoms with Crippen LogP contribution in [0.25, 0.3) is 21.8 Å². The summed E-state index contributed by atoms with van der Waals surface area (Å²) in [4.78, 5) is 201. The van der Waals surface area contributed by atoms with Crippen molar-refractivity contribution >= 4 is 107 Å². The number of aromatic amines is 2. The second kappa shape index (κ2) is 35.6. The number of H-pyrrole nitrogens is 2. The van der Waals surface area contributed by atoms with E-state index in [1.165, 1.54) is 42.6 Å². The Labute approximate surface area is 559 Å². The Hall–Kier alpha value is -11.0. The second-order valence-corrected chi connectivity index (χ2v) is 24.4. The largest absolute Gasteiger partial charge is 0.524 e. The summed E-state index contributed by atoms with van der Waals surface area (Å²) >= 11 is 0. The van der Waals surface area contributed by atoms with Crippen LogP contribution in [-0.2, 0) is 92.6 Å². The Morgan fingerprint density at radius 1 is 0.520 bits per heavy atom. The maximum Gasteiger partial charge on any atom is 0.524 e. The number of phosphoric acid groups is 1. The number of phenols is 1. The number of nitrogens with two attached hydrogens (primary N) is 3. The topological polar surface area (TPSA) is 555 Å². The number of aliphatic carboxylic acids is 2. The van der Waals surface area contributed by atoms with Gasteiger partial charge in [-0.15, -0.1) is 0 Å². The summed E-state index contributed by atoms with van der Waals surface area (Å²) in [7, 11) is -5.05. The van der Waals surface area contributed by atoms with E-state index in [9.17, 15) is 92.0 Å². The fourth-order valence-corrected chi connectivity index (χ4v) is 10.8. The van der Waals surface area contributed by atoms with Crippen LogP contribution in [0.15, 0.2) is 109 Å². The van der Waals surface area contributed by atoms with Gasteiger partial charge in [-0.3, -0.25) is 67.3 Å². The molecule has 0 fully saturated rings. The van der Waals surface area contributed by atoms with E-state index in [4.69, 9.17) is 17.2 Å². The van der Waals surface area contributed by atoms with Crippen molar-refractivity contribution in [1.82, 2.24) is 52.5 Å². The molecule has 6 rings (SSSR count). The van der Waals surface area contributed by atoms with Gasteiger partial charge in [0.1, 0.15) is 60.1 Å². The van der Waals surface area contributed by atoms with E-state index in [0.29, 0.717) is 28.3 Å². The average Bonchev–Trinajstić information content (AvgIpc) is 1.61. The molecule has 2 heterocycles.